The summed E-state index contributed by atoms with van der Waals surface area (Å²) in [6.07, 6.45) is 9.49. The van der Waals surface area contributed by atoms with Crippen LogP contribution in [0.1, 0.15) is 32.8 Å². The van der Waals surface area contributed by atoms with Crippen molar-refractivity contribution in [3.05, 3.63) is 48.8 Å². The molecule has 0 N–H and O–H groups in total. The zero-order chi connectivity index (χ0) is 20.1. The van der Waals surface area contributed by atoms with Gasteiger partial charge in [-0.05, 0) is 42.1 Å². The lowest BCUT2D eigenvalue weighted by Crippen LogP contribution is -2.50. The van der Waals surface area contributed by atoms with E-state index in [1.807, 2.05) is 24.3 Å². The molecule has 1 radical (unpaired) electrons. The maximum absolute atomic E-state index is 12.8. The number of nitrogens with zero attached hydrogens (tertiary/aromatic N) is 2. The van der Waals surface area contributed by atoms with Gasteiger partial charge in [0.1, 0.15) is 6.61 Å². The zero-order valence-corrected chi connectivity index (χ0v) is 18.1. The fourth-order valence-corrected chi connectivity index (χ4v) is 4.23. The molecule has 6 heteroatoms. The first-order chi connectivity index (χ1) is 12.7. The van der Waals surface area contributed by atoms with E-state index in [0.29, 0.717) is 12.5 Å². The number of aromatic nitrogens is 1. The number of pyridine rings is 1. The first kappa shape index (κ1) is 21.4. The Labute approximate surface area is 164 Å². The number of rotatable bonds is 6. The van der Waals surface area contributed by atoms with Crippen LogP contribution in [-0.4, -0.2) is 43.9 Å². The third kappa shape index (κ3) is 5.53. The van der Waals surface area contributed by atoms with E-state index in [1.165, 1.54) is 0 Å². The molecule has 1 aliphatic rings. The summed E-state index contributed by atoms with van der Waals surface area (Å²) >= 11 is 0. The van der Waals surface area contributed by atoms with Gasteiger partial charge in [-0.15, -0.1) is 0 Å². The van der Waals surface area contributed by atoms with Crippen LogP contribution in [0, 0.1) is 11.3 Å². The quantitative estimate of drug-likeness (QED) is 0.522. The summed E-state index contributed by atoms with van der Waals surface area (Å²) in [5.74, 6) is 0.300. The van der Waals surface area contributed by atoms with E-state index < -0.39 is 14.8 Å². The predicted octanol–water partition coefficient (Wildman–Crippen LogP) is 4.75. The average Bonchev–Trinajstić information content (AvgIpc) is 2.98. The van der Waals surface area contributed by atoms with Crippen molar-refractivity contribution in [3.8, 4) is 0 Å². The minimum absolute atomic E-state index is 0.0542. The van der Waals surface area contributed by atoms with Gasteiger partial charge in [0.05, 0.1) is 0 Å². The van der Waals surface area contributed by atoms with E-state index in [1.54, 1.807) is 23.4 Å². The largest absolute Gasteiger partial charge is 0.445 e. The molecular weight excluding hydrogens is 356 g/mol. The van der Waals surface area contributed by atoms with Crippen molar-refractivity contribution in [1.29, 1.82) is 0 Å². The third-order valence-electron chi connectivity index (χ3n) is 4.77. The van der Waals surface area contributed by atoms with Crippen molar-refractivity contribution in [2.45, 2.75) is 46.0 Å². The Balaban J connectivity index is 2.42. The molecule has 0 saturated carbocycles. The lowest BCUT2D eigenvalue weighted by Gasteiger charge is -2.37. The fraction of sp³-hybridized carbons (Fsp3) is 0.524. The molecule has 1 saturated heterocycles. The smallest absolute Gasteiger partial charge is 0.412 e. The maximum Gasteiger partial charge on any atom is 0.412 e. The Morgan fingerprint density at radius 1 is 1.48 bits per heavy atom. The highest BCUT2D eigenvalue weighted by Gasteiger charge is 2.51. The van der Waals surface area contributed by atoms with Crippen LogP contribution in [0.3, 0.4) is 0 Å². The lowest BCUT2D eigenvalue weighted by molar-refractivity contribution is -0.0125. The normalized spacial score (nSPS) is 23.2. The van der Waals surface area contributed by atoms with Crippen molar-refractivity contribution in [2.75, 3.05) is 13.2 Å². The lowest BCUT2D eigenvalue weighted by atomic mass is 9.79. The molecule has 0 bridgehead atoms. The highest BCUT2D eigenvalue weighted by molar-refractivity contribution is 6.48. The Morgan fingerprint density at radius 3 is 2.78 bits per heavy atom. The molecule has 2 atom stereocenters. The number of hydrogen-bond acceptors (Lipinski definition) is 4. The van der Waals surface area contributed by atoms with E-state index >= 15 is 0 Å². The van der Waals surface area contributed by atoms with E-state index in [4.69, 9.17) is 9.16 Å². The highest BCUT2D eigenvalue weighted by Crippen LogP contribution is 2.44. The predicted molar refractivity (Wildman–Crippen MR) is 110 cm³/mol. The number of ether oxygens (including phenoxy) is 1. The first-order valence-electron chi connectivity index (χ1n) is 9.31. The second-order valence-electron chi connectivity index (χ2n) is 8.22. The Hall–Kier alpha value is -1.92. The molecule has 0 unspecified atom stereocenters. The van der Waals surface area contributed by atoms with Crippen LogP contribution in [0.4, 0.5) is 4.79 Å². The van der Waals surface area contributed by atoms with Crippen molar-refractivity contribution in [2.24, 2.45) is 11.3 Å². The van der Waals surface area contributed by atoms with E-state index in [2.05, 4.69) is 45.4 Å². The van der Waals surface area contributed by atoms with Crippen LogP contribution in [0.5, 0.6) is 0 Å². The molecule has 1 aromatic rings. The van der Waals surface area contributed by atoms with E-state index in [9.17, 15) is 4.79 Å². The molecule has 1 fully saturated rings. The average molecular weight is 388 g/mol. The van der Waals surface area contributed by atoms with Crippen LogP contribution in [0.15, 0.2) is 43.3 Å². The van der Waals surface area contributed by atoms with Crippen molar-refractivity contribution in [1.82, 2.24) is 9.88 Å². The van der Waals surface area contributed by atoms with Gasteiger partial charge in [-0.2, -0.15) is 0 Å². The molecule has 1 amide bonds. The number of carbonyl (C=O) groups excluding carboxylic acids is 1. The zero-order valence-electron chi connectivity index (χ0n) is 17.1. The van der Waals surface area contributed by atoms with Gasteiger partial charge in [-0.3, -0.25) is 9.88 Å². The van der Waals surface area contributed by atoms with Gasteiger partial charge in [0.2, 0.25) is 9.04 Å². The molecular formula is C21H31N2O3Si. The second kappa shape index (κ2) is 8.84. The number of likely N-dealkylation sites (tertiary alicyclic amines) is 1. The first-order valence-corrected chi connectivity index (χ1v) is 11.7. The van der Waals surface area contributed by atoms with Crippen molar-refractivity contribution in [3.63, 3.8) is 0 Å². The van der Waals surface area contributed by atoms with Gasteiger partial charge in [0.25, 0.3) is 0 Å². The minimum atomic E-state index is -1.07. The summed E-state index contributed by atoms with van der Waals surface area (Å²) in [4.78, 5) is 18.7. The van der Waals surface area contributed by atoms with Gasteiger partial charge in [0.15, 0.2) is 5.72 Å². The molecule has 0 spiro atoms. The molecule has 0 aliphatic carbocycles. The van der Waals surface area contributed by atoms with Crippen LogP contribution >= 0.6 is 0 Å². The Morgan fingerprint density at radius 2 is 2.22 bits per heavy atom. The summed E-state index contributed by atoms with van der Waals surface area (Å²) in [6.45, 7) is 15.2. The monoisotopic (exact) mass is 387 g/mol. The third-order valence-corrected chi connectivity index (χ3v) is 5.53. The van der Waals surface area contributed by atoms with Crippen molar-refractivity contribution < 1.29 is 14.0 Å². The topological polar surface area (TPSA) is 51.7 Å². The second-order valence-corrected chi connectivity index (χ2v) is 10.2. The van der Waals surface area contributed by atoms with Gasteiger partial charge in [-0.1, -0.05) is 45.6 Å². The summed E-state index contributed by atoms with van der Waals surface area (Å²) in [6, 6.07) is 3.88. The van der Waals surface area contributed by atoms with E-state index in [0.717, 1.165) is 12.0 Å². The maximum atomic E-state index is 12.8. The van der Waals surface area contributed by atoms with Gasteiger partial charge in [-0.25, -0.2) is 4.79 Å². The summed E-state index contributed by atoms with van der Waals surface area (Å²) in [7, 11) is -1.07. The minimum Gasteiger partial charge on any atom is -0.445 e. The highest BCUT2D eigenvalue weighted by atomic mass is 28.3. The standard InChI is InChI=1S/C21H31N2O3Si/c1-7-13-25-19(24)23-16-18(20(2,3)4)14-21(23,26-27(5)6)11-10-17-9-8-12-22-15-17/h7-12,15,18H,1,13-14,16H2,2-6H3/t18-,21+/m0/s1. The number of carbonyl (C=O) groups is 1. The van der Waals surface area contributed by atoms with Crippen LogP contribution in [0.25, 0.3) is 6.08 Å². The van der Waals surface area contributed by atoms with Crippen LogP contribution in [-0.2, 0) is 9.16 Å². The fourth-order valence-electron chi connectivity index (χ4n) is 3.26. The summed E-state index contributed by atoms with van der Waals surface area (Å²) in [5.41, 5.74) is 0.225. The van der Waals surface area contributed by atoms with Crippen LogP contribution in [0.2, 0.25) is 13.1 Å². The molecule has 5 nitrogen and oxygen atoms in total. The molecule has 1 aromatic heterocycles. The van der Waals surface area contributed by atoms with Crippen LogP contribution < -0.4 is 0 Å². The molecule has 2 heterocycles. The van der Waals surface area contributed by atoms with Crippen molar-refractivity contribution >= 4 is 21.2 Å². The Bertz CT molecular complexity index is 670. The molecule has 0 aromatic carbocycles. The summed E-state index contributed by atoms with van der Waals surface area (Å²) < 4.78 is 11.8. The molecule has 2 rings (SSSR count). The van der Waals surface area contributed by atoms with E-state index in [-0.39, 0.29) is 18.1 Å². The number of amides is 1. The molecule has 27 heavy (non-hydrogen) atoms. The van der Waals surface area contributed by atoms with Gasteiger partial charge < -0.3 is 9.16 Å². The van der Waals surface area contributed by atoms with Gasteiger partial charge >= 0.3 is 6.09 Å². The molecule has 1 aliphatic heterocycles. The SMILES string of the molecule is C=CCOC(=O)N1C[C@@H](C(C)(C)C)C[C@@]1(C=Cc1cccnc1)O[Si](C)C. The van der Waals surface area contributed by atoms with Gasteiger partial charge in [0, 0.05) is 25.4 Å². The Kier molecular flexibility index (Phi) is 7.00. The number of hydrogen-bond donors (Lipinski definition) is 0. The molecule has 147 valence electrons. The summed E-state index contributed by atoms with van der Waals surface area (Å²) in [5, 5.41) is 0.